The molecule has 0 atom stereocenters. The number of aliphatic hydroxyl groups is 2. The van der Waals surface area contributed by atoms with Crippen LogP contribution in [0.5, 0.6) is 0 Å². The Morgan fingerprint density at radius 1 is 1.00 bits per heavy atom. The van der Waals surface area contributed by atoms with Gasteiger partial charge in [0, 0.05) is 49.9 Å². The molecule has 1 aliphatic heterocycles. The third kappa shape index (κ3) is 8.89. The Morgan fingerprint density at radius 3 is 2.27 bits per heavy atom. The summed E-state index contributed by atoms with van der Waals surface area (Å²) in [4.78, 5) is 28.5. The molecule has 15 heteroatoms. The van der Waals surface area contributed by atoms with E-state index < -0.39 is 67.0 Å². The number of carbonyl (C=O) groups excluding carboxylic acids is 2. The molecule has 0 bridgehead atoms. The second-order valence-electron chi connectivity index (χ2n) is 9.89. The van der Waals surface area contributed by atoms with Gasteiger partial charge in [0.1, 0.15) is 0 Å². The van der Waals surface area contributed by atoms with Crippen LogP contribution in [0.1, 0.15) is 29.3 Å². The average Bonchev–Trinajstić information content (AvgIpc) is 2.93. The molecule has 2 aromatic carbocycles. The Balaban J connectivity index is 1.67. The Hall–Kier alpha value is -3.20. The van der Waals surface area contributed by atoms with Gasteiger partial charge in [-0.05, 0) is 31.2 Å². The van der Waals surface area contributed by atoms with Gasteiger partial charge in [-0.2, -0.15) is 13.2 Å². The van der Waals surface area contributed by atoms with Crippen molar-refractivity contribution in [3.8, 4) is 0 Å². The number of carbonyl (C=O) groups is 2. The number of piperazine rings is 1. The van der Waals surface area contributed by atoms with Crippen LogP contribution in [0.3, 0.4) is 0 Å². The molecule has 3 rings (SSSR count). The molecule has 41 heavy (non-hydrogen) atoms. The molecule has 0 spiro atoms. The first-order chi connectivity index (χ1) is 19.2. The standard InChI is InChI=1S/C26H31ClF5N5O4/c1-25(14-38,15-39)35-24(41)33-13-16-2-4-18(22(29)21(16)28)23(40)34-19-5-3-17(27)12-20(19)37-10-8-36(9-11-37)7-6-26(30,31)32/h2-5,12,38-39H,6-11,13-15H2,1H3,(H,34,40)(H2,33,35,41). The summed E-state index contributed by atoms with van der Waals surface area (Å²) in [5, 5.41) is 26.0. The molecule has 0 radical (unpaired) electrons. The monoisotopic (exact) mass is 607 g/mol. The fraction of sp³-hybridized carbons (Fsp3) is 0.462. The number of aliphatic hydroxyl groups excluding tert-OH is 2. The molecule has 0 aliphatic carbocycles. The summed E-state index contributed by atoms with van der Waals surface area (Å²) >= 11 is 6.14. The van der Waals surface area contributed by atoms with E-state index in [0.29, 0.717) is 36.9 Å². The molecule has 3 amide bonds. The maximum atomic E-state index is 14.9. The van der Waals surface area contributed by atoms with E-state index in [9.17, 15) is 41.8 Å². The van der Waals surface area contributed by atoms with Gasteiger partial charge < -0.3 is 31.1 Å². The minimum Gasteiger partial charge on any atom is -0.394 e. The van der Waals surface area contributed by atoms with Crippen molar-refractivity contribution in [2.45, 2.75) is 31.6 Å². The molecule has 1 fully saturated rings. The van der Waals surface area contributed by atoms with Crippen molar-refractivity contribution in [3.63, 3.8) is 0 Å². The first kappa shape index (κ1) is 32.3. The molecular weight excluding hydrogens is 577 g/mol. The van der Waals surface area contributed by atoms with E-state index in [1.54, 1.807) is 11.0 Å². The van der Waals surface area contributed by atoms with E-state index in [2.05, 4.69) is 16.0 Å². The SMILES string of the molecule is CC(CO)(CO)NC(=O)NCc1ccc(C(=O)Nc2ccc(Cl)cc2N2CCN(CCC(F)(F)F)CC2)c(F)c1F. The van der Waals surface area contributed by atoms with Gasteiger partial charge in [-0.1, -0.05) is 17.7 Å². The van der Waals surface area contributed by atoms with Crippen molar-refractivity contribution >= 4 is 34.9 Å². The van der Waals surface area contributed by atoms with Crippen LogP contribution >= 0.6 is 11.6 Å². The molecule has 0 aromatic heterocycles. The number of hydrogen-bond acceptors (Lipinski definition) is 6. The van der Waals surface area contributed by atoms with Gasteiger partial charge in [-0.25, -0.2) is 13.6 Å². The van der Waals surface area contributed by atoms with E-state index in [4.69, 9.17) is 11.6 Å². The molecule has 5 N–H and O–H groups in total. The molecule has 2 aromatic rings. The molecule has 0 saturated carbocycles. The number of hydrogen-bond donors (Lipinski definition) is 5. The quantitative estimate of drug-likeness (QED) is 0.264. The van der Waals surface area contributed by atoms with Crippen molar-refractivity contribution in [2.24, 2.45) is 0 Å². The highest BCUT2D eigenvalue weighted by Gasteiger charge is 2.29. The van der Waals surface area contributed by atoms with Crippen LogP contribution in [0.4, 0.5) is 38.1 Å². The Kier molecular flexibility index (Phi) is 10.8. The van der Waals surface area contributed by atoms with E-state index in [1.165, 1.54) is 19.1 Å². The first-order valence-electron chi connectivity index (χ1n) is 12.6. The fourth-order valence-corrected chi connectivity index (χ4v) is 4.25. The van der Waals surface area contributed by atoms with Crippen molar-refractivity contribution in [1.29, 1.82) is 0 Å². The van der Waals surface area contributed by atoms with Crippen LogP contribution in [0, 0.1) is 11.6 Å². The number of amides is 3. The Morgan fingerprint density at radius 2 is 1.66 bits per heavy atom. The van der Waals surface area contributed by atoms with Crippen molar-refractivity contribution in [3.05, 3.63) is 58.1 Å². The van der Waals surface area contributed by atoms with Crippen LogP contribution in [-0.4, -0.2) is 84.7 Å². The molecule has 226 valence electrons. The van der Waals surface area contributed by atoms with E-state index >= 15 is 0 Å². The van der Waals surface area contributed by atoms with Crippen LogP contribution in [0.2, 0.25) is 5.02 Å². The zero-order valence-corrected chi connectivity index (χ0v) is 22.9. The molecule has 0 unspecified atom stereocenters. The van der Waals surface area contributed by atoms with E-state index in [0.717, 1.165) is 12.1 Å². The van der Waals surface area contributed by atoms with Crippen LogP contribution in [0.15, 0.2) is 30.3 Å². The zero-order chi connectivity index (χ0) is 30.4. The Bertz CT molecular complexity index is 1240. The zero-order valence-electron chi connectivity index (χ0n) is 22.1. The number of halogens is 6. The van der Waals surface area contributed by atoms with Gasteiger partial charge in [0.05, 0.1) is 42.1 Å². The minimum absolute atomic E-state index is 0.123. The van der Waals surface area contributed by atoms with Crippen molar-refractivity contribution in [2.75, 3.05) is 56.2 Å². The summed E-state index contributed by atoms with van der Waals surface area (Å²) in [7, 11) is 0. The average molecular weight is 608 g/mol. The maximum Gasteiger partial charge on any atom is 0.390 e. The predicted octanol–water partition coefficient (Wildman–Crippen LogP) is 3.49. The summed E-state index contributed by atoms with van der Waals surface area (Å²) in [6.45, 7) is 1.11. The number of urea groups is 1. The summed E-state index contributed by atoms with van der Waals surface area (Å²) in [5.74, 6) is -3.74. The lowest BCUT2D eigenvalue weighted by molar-refractivity contribution is -0.138. The number of alkyl halides is 3. The van der Waals surface area contributed by atoms with Gasteiger partial charge >= 0.3 is 12.2 Å². The topological polar surface area (TPSA) is 117 Å². The number of nitrogens with zero attached hydrogens (tertiary/aromatic N) is 2. The fourth-order valence-electron chi connectivity index (χ4n) is 4.08. The summed E-state index contributed by atoms with van der Waals surface area (Å²) in [5.41, 5.74) is -1.44. The smallest absolute Gasteiger partial charge is 0.390 e. The van der Waals surface area contributed by atoms with Crippen LogP contribution in [-0.2, 0) is 6.54 Å². The summed E-state index contributed by atoms with van der Waals surface area (Å²) in [6, 6.07) is 5.90. The van der Waals surface area contributed by atoms with Gasteiger partial charge in [-0.15, -0.1) is 0 Å². The number of benzene rings is 2. The number of nitrogens with one attached hydrogen (secondary N) is 3. The minimum atomic E-state index is -4.25. The summed E-state index contributed by atoms with van der Waals surface area (Å²) in [6.07, 6.45) is -5.16. The highest BCUT2D eigenvalue weighted by Crippen LogP contribution is 2.31. The number of anilines is 2. The predicted molar refractivity (Wildman–Crippen MR) is 143 cm³/mol. The lowest BCUT2D eigenvalue weighted by Gasteiger charge is -2.37. The normalized spacial score (nSPS) is 14.6. The first-order valence-corrected chi connectivity index (χ1v) is 13.0. The highest BCUT2D eigenvalue weighted by atomic mass is 35.5. The molecular formula is C26H31ClF5N5O4. The second-order valence-corrected chi connectivity index (χ2v) is 10.3. The van der Waals surface area contributed by atoms with Gasteiger partial charge in [-0.3, -0.25) is 9.69 Å². The van der Waals surface area contributed by atoms with Gasteiger partial charge in [0.25, 0.3) is 5.91 Å². The summed E-state index contributed by atoms with van der Waals surface area (Å²) < 4.78 is 67.3. The van der Waals surface area contributed by atoms with Gasteiger partial charge in [0.15, 0.2) is 11.6 Å². The second kappa shape index (κ2) is 13.6. The van der Waals surface area contributed by atoms with Gasteiger partial charge in [0.2, 0.25) is 0 Å². The largest absolute Gasteiger partial charge is 0.394 e. The maximum absolute atomic E-state index is 14.9. The van der Waals surface area contributed by atoms with Crippen LogP contribution < -0.4 is 20.9 Å². The lowest BCUT2D eigenvalue weighted by Crippen LogP contribution is -2.54. The third-order valence-corrected chi connectivity index (χ3v) is 6.83. The lowest BCUT2D eigenvalue weighted by atomic mass is 10.1. The third-order valence-electron chi connectivity index (χ3n) is 6.59. The highest BCUT2D eigenvalue weighted by molar-refractivity contribution is 6.31. The number of rotatable bonds is 10. The molecule has 9 nitrogen and oxygen atoms in total. The van der Waals surface area contributed by atoms with E-state index in [1.807, 2.05) is 4.90 Å². The van der Waals surface area contributed by atoms with Crippen molar-refractivity contribution in [1.82, 2.24) is 15.5 Å². The molecule has 1 saturated heterocycles. The molecule has 1 aliphatic rings. The van der Waals surface area contributed by atoms with Crippen molar-refractivity contribution < 1.29 is 41.8 Å². The van der Waals surface area contributed by atoms with Crippen LogP contribution in [0.25, 0.3) is 0 Å². The Labute approximate surface area is 238 Å². The van der Waals surface area contributed by atoms with E-state index in [-0.39, 0.29) is 17.8 Å². The molecule has 1 heterocycles.